The van der Waals surface area contributed by atoms with Crippen LogP contribution in [0.1, 0.15) is 38.4 Å². The van der Waals surface area contributed by atoms with Crippen molar-refractivity contribution in [3.63, 3.8) is 0 Å². The Morgan fingerprint density at radius 1 is 1.56 bits per heavy atom. The summed E-state index contributed by atoms with van der Waals surface area (Å²) in [5.41, 5.74) is 7.16. The summed E-state index contributed by atoms with van der Waals surface area (Å²) in [4.78, 5) is 6.45. The first-order valence-electron chi connectivity index (χ1n) is 6.25. The van der Waals surface area contributed by atoms with E-state index in [1.165, 1.54) is 0 Å². The molecule has 0 radical (unpaired) electrons. The van der Waals surface area contributed by atoms with E-state index in [0.29, 0.717) is 11.7 Å². The second-order valence-electron chi connectivity index (χ2n) is 4.60. The van der Waals surface area contributed by atoms with Gasteiger partial charge in [0.1, 0.15) is 5.69 Å². The number of hydrogen-bond donors (Lipinski definition) is 2. The minimum absolute atomic E-state index is 0.0449. The van der Waals surface area contributed by atoms with Crippen LogP contribution in [-0.2, 0) is 6.54 Å². The largest absolute Gasteiger partial charge is 0.409 e. The van der Waals surface area contributed by atoms with Gasteiger partial charge in [-0.2, -0.15) is 0 Å². The minimum Gasteiger partial charge on any atom is -0.409 e. The van der Waals surface area contributed by atoms with Crippen molar-refractivity contribution in [3.05, 3.63) is 29.6 Å². The lowest BCUT2D eigenvalue weighted by Gasteiger charge is -2.26. The highest BCUT2D eigenvalue weighted by Crippen LogP contribution is 2.09. The van der Waals surface area contributed by atoms with Gasteiger partial charge in [-0.3, -0.25) is 9.88 Å². The summed E-state index contributed by atoms with van der Waals surface area (Å²) in [7, 11) is 0. The minimum atomic E-state index is 0.0449. The lowest BCUT2D eigenvalue weighted by atomic mass is 10.2. The first kappa shape index (κ1) is 14.4. The molecule has 0 amide bonds. The molecule has 5 nitrogen and oxygen atoms in total. The lowest BCUT2D eigenvalue weighted by Crippen LogP contribution is -2.31. The summed E-state index contributed by atoms with van der Waals surface area (Å²) in [5.74, 6) is 0.0449. The average Bonchev–Trinajstić information content (AvgIpc) is 2.37. The number of hydrogen-bond acceptors (Lipinski definition) is 4. The zero-order chi connectivity index (χ0) is 13.5. The smallest absolute Gasteiger partial charge is 0.188 e. The van der Waals surface area contributed by atoms with Crippen molar-refractivity contribution < 1.29 is 5.21 Å². The molecule has 0 atom stereocenters. The molecule has 0 aromatic carbocycles. The molecular weight excluding hydrogens is 228 g/mol. The molecule has 5 heteroatoms. The fraction of sp³-hybridized carbons (Fsp3) is 0.538. The van der Waals surface area contributed by atoms with Gasteiger partial charge in [0.05, 0.1) is 0 Å². The number of nitrogens with two attached hydrogens (primary N) is 1. The van der Waals surface area contributed by atoms with Crippen molar-refractivity contribution >= 4 is 5.84 Å². The van der Waals surface area contributed by atoms with Crippen LogP contribution >= 0.6 is 0 Å². The maximum absolute atomic E-state index is 8.65. The molecule has 0 aliphatic rings. The number of oxime groups is 1. The van der Waals surface area contributed by atoms with Gasteiger partial charge in [-0.25, -0.2) is 0 Å². The van der Waals surface area contributed by atoms with Gasteiger partial charge >= 0.3 is 0 Å². The topological polar surface area (TPSA) is 74.7 Å². The summed E-state index contributed by atoms with van der Waals surface area (Å²) in [6.45, 7) is 8.44. The third-order valence-electron chi connectivity index (χ3n) is 2.82. The van der Waals surface area contributed by atoms with Gasteiger partial charge in [0, 0.05) is 18.8 Å². The molecule has 100 valence electrons. The molecule has 18 heavy (non-hydrogen) atoms. The number of aromatic nitrogens is 1. The number of nitrogens with zero attached hydrogens (tertiary/aromatic N) is 3. The van der Waals surface area contributed by atoms with Gasteiger partial charge < -0.3 is 10.9 Å². The highest BCUT2D eigenvalue weighted by molar-refractivity contribution is 5.95. The fourth-order valence-corrected chi connectivity index (χ4v) is 1.81. The van der Waals surface area contributed by atoms with Crippen LogP contribution in [0, 0.1) is 0 Å². The van der Waals surface area contributed by atoms with Gasteiger partial charge in [0.2, 0.25) is 0 Å². The monoisotopic (exact) mass is 250 g/mol. The van der Waals surface area contributed by atoms with E-state index in [0.717, 1.165) is 25.1 Å². The van der Waals surface area contributed by atoms with E-state index in [1.807, 2.05) is 12.1 Å². The Hall–Kier alpha value is -1.62. The maximum Gasteiger partial charge on any atom is 0.188 e. The molecule has 1 aromatic heterocycles. The van der Waals surface area contributed by atoms with Gasteiger partial charge in [0.15, 0.2) is 5.84 Å². The summed E-state index contributed by atoms with van der Waals surface area (Å²) in [6.07, 6.45) is 2.81. The predicted octanol–water partition coefficient (Wildman–Crippen LogP) is 1.80. The van der Waals surface area contributed by atoms with E-state index in [-0.39, 0.29) is 5.84 Å². The molecule has 0 bridgehead atoms. The van der Waals surface area contributed by atoms with E-state index in [1.54, 1.807) is 6.20 Å². The van der Waals surface area contributed by atoms with Crippen molar-refractivity contribution in [1.29, 1.82) is 0 Å². The van der Waals surface area contributed by atoms with Crippen molar-refractivity contribution in [2.24, 2.45) is 10.9 Å². The highest BCUT2D eigenvalue weighted by Gasteiger charge is 2.10. The van der Waals surface area contributed by atoms with Gasteiger partial charge in [-0.1, -0.05) is 12.1 Å². The van der Waals surface area contributed by atoms with Gasteiger partial charge in [-0.15, -0.1) is 0 Å². The Balaban J connectivity index is 2.83. The first-order valence-corrected chi connectivity index (χ1v) is 6.25. The van der Waals surface area contributed by atoms with Crippen LogP contribution in [-0.4, -0.2) is 33.5 Å². The molecule has 0 fully saturated rings. The van der Waals surface area contributed by atoms with Crippen molar-refractivity contribution in [1.82, 2.24) is 9.88 Å². The quantitative estimate of drug-likeness (QED) is 0.349. The molecule has 0 aliphatic carbocycles. The van der Waals surface area contributed by atoms with E-state index in [4.69, 9.17) is 10.9 Å². The fourth-order valence-electron chi connectivity index (χ4n) is 1.81. The second kappa shape index (κ2) is 6.96. The van der Waals surface area contributed by atoms with Gasteiger partial charge in [-0.05, 0) is 44.5 Å². The van der Waals surface area contributed by atoms with Crippen LogP contribution in [0.5, 0.6) is 0 Å². The Morgan fingerprint density at radius 2 is 2.28 bits per heavy atom. The zero-order valence-corrected chi connectivity index (χ0v) is 11.3. The SMILES string of the molecule is CCCN(Cc1ccnc(C(N)=NO)c1)C(C)C. The second-order valence-corrected chi connectivity index (χ2v) is 4.60. The average molecular weight is 250 g/mol. The third-order valence-corrected chi connectivity index (χ3v) is 2.82. The number of pyridine rings is 1. The van der Waals surface area contributed by atoms with E-state index >= 15 is 0 Å². The maximum atomic E-state index is 8.65. The Morgan fingerprint density at radius 3 is 2.83 bits per heavy atom. The van der Waals surface area contributed by atoms with E-state index < -0.39 is 0 Å². The van der Waals surface area contributed by atoms with Crippen LogP contribution in [0.4, 0.5) is 0 Å². The molecule has 0 spiro atoms. The molecule has 3 N–H and O–H groups in total. The predicted molar refractivity (Wildman–Crippen MR) is 72.6 cm³/mol. The summed E-state index contributed by atoms with van der Waals surface area (Å²) in [5, 5.41) is 11.6. The Kier molecular flexibility index (Phi) is 5.58. The van der Waals surface area contributed by atoms with Crippen LogP contribution in [0.25, 0.3) is 0 Å². The summed E-state index contributed by atoms with van der Waals surface area (Å²) < 4.78 is 0. The van der Waals surface area contributed by atoms with Crippen LogP contribution in [0.15, 0.2) is 23.5 Å². The van der Waals surface area contributed by atoms with E-state index in [2.05, 4.69) is 35.8 Å². The standard InChI is InChI=1S/C13H22N4O/c1-4-7-17(10(2)3)9-11-5-6-15-12(8-11)13(14)16-18/h5-6,8,10,18H,4,7,9H2,1-3H3,(H2,14,16). The highest BCUT2D eigenvalue weighted by atomic mass is 16.4. The normalized spacial score (nSPS) is 12.4. The van der Waals surface area contributed by atoms with E-state index in [9.17, 15) is 0 Å². The molecule has 0 saturated heterocycles. The number of rotatable bonds is 6. The molecule has 0 saturated carbocycles. The zero-order valence-electron chi connectivity index (χ0n) is 11.3. The summed E-state index contributed by atoms with van der Waals surface area (Å²) >= 11 is 0. The van der Waals surface area contributed by atoms with Crippen molar-refractivity contribution in [2.45, 2.75) is 39.8 Å². The molecule has 1 heterocycles. The van der Waals surface area contributed by atoms with Crippen molar-refractivity contribution in [2.75, 3.05) is 6.54 Å². The first-order chi connectivity index (χ1) is 8.58. The molecular formula is C13H22N4O. The summed E-state index contributed by atoms with van der Waals surface area (Å²) in [6, 6.07) is 4.31. The lowest BCUT2D eigenvalue weighted by molar-refractivity contribution is 0.213. The van der Waals surface area contributed by atoms with Crippen LogP contribution in [0.2, 0.25) is 0 Å². The molecule has 1 rings (SSSR count). The van der Waals surface area contributed by atoms with Crippen LogP contribution < -0.4 is 5.73 Å². The van der Waals surface area contributed by atoms with Crippen LogP contribution in [0.3, 0.4) is 0 Å². The number of amidine groups is 1. The van der Waals surface area contributed by atoms with Gasteiger partial charge in [0.25, 0.3) is 0 Å². The molecule has 1 aromatic rings. The third kappa shape index (κ3) is 4.00. The van der Waals surface area contributed by atoms with Crippen molar-refractivity contribution in [3.8, 4) is 0 Å². The Labute approximate surface area is 108 Å². The molecule has 0 unspecified atom stereocenters. The Bertz CT molecular complexity index is 404. The molecule has 0 aliphatic heterocycles.